The van der Waals surface area contributed by atoms with Crippen LogP contribution in [0.4, 0.5) is 0 Å². The van der Waals surface area contributed by atoms with Crippen LogP contribution >= 0.6 is 0 Å². The normalized spacial score (nSPS) is 12.3. The molecule has 0 saturated heterocycles. The number of rotatable bonds is 5. The van der Waals surface area contributed by atoms with Crippen LogP contribution in [0.3, 0.4) is 0 Å². The SMILES string of the molecule is CNC(CNC(=O)c1ccn2ncc(C)c2n1)c1ccccc1. The highest BCUT2D eigenvalue weighted by Gasteiger charge is 2.13. The van der Waals surface area contributed by atoms with E-state index in [0.717, 1.165) is 11.1 Å². The van der Waals surface area contributed by atoms with E-state index in [4.69, 9.17) is 0 Å². The molecule has 3 aromatic rings. The minimum Gasteiger partial charge on any atom is -0.349 e. The van der Waals surface area contributed by atoms with E-state index in [0.29, 0.717) is 17.9 Å². The summed E-state index contributed by atoms with van der Waals surface area (Å²) in [6.45, 7) is 2.41. The molecule has 0 aliphatic carbocycles. The Labute approximate surface area is 134 Å². The molecule has 23 heavy (non-hydrogen) atoms. The average molecular weight is 309 g/mol. The summed E-state index contributed by atoms with van der Waals surface area (Å²) in [5, 5.41) is 10.3. The summed E-state index contributed by atoms with van der Waals surface area (Å²) in [5.74, 6) is -0.190. The molecule has 1 atom stereocenters. The molecule has 0 saturated carbocycles. The van der Waals surface area contributed by atoms with Crippen LogP contribution in [0.15, 0.2) is 48.8 Å². The molecule has 0 bridgehead atoms. The van der Waals surface area contributed by atoms with E-state index >= 15 is 0 Å². The van der Waals surface area contributed by atoms with Crippen molar-refractivity contribution in [3.8, 4) is 0 Å². The highest BCUT2D eigenvalue weighted by Crippen LogP contribution is 2.11. The van der Waals surface area contributed by atoms with Crippen molar-refractivity contribution in [1.82, 2.24) is 25.2 Å². The first kappa shape index (κ1) is 15.2. The van der Waals surface area contributed by atoms with Crippen molar-refractivity contribution in [2.75, 3.05) is 13.6 Å². The van der Waals surface area contributed by atoms with Crippen molar-refractivity contribution in [3.05, 3.63) is 65.6 Å². The highest BCUT2D eigenvalue weighted by atomic mass is 16.1. The fourth-order valence-electron chi connectivity index (χ4n) is 2.47. The fourth-order valence-corrected chi connectivity index (χ4v) is 2.47. The van der Waals surface area contributed by atoms with Crippen LogP contribution in [-0.2, 0) is 0 Å². The zero-order valence-electron chi connectivity index (χ0n) is 13.2. The quantitative estimate of drug-likeness (QED) is 0.753. The van der Waals surface area contributed by atoms with Gasteiger partial charge in [-0.25, -0.2) is 9.50 Å². The van der Waals surface area contributed by atoms with Gasteiger partial charge in [-0.1, -0.05) is 30.3 Å². The molecule has 0 spiro atoms. The number of carbonyl (C=O) groups is 1. The second-order valence-corrected chi connectivity index (χ2v) is 5.37. The Kier molecular flexibility index (Phi) is 4.34. The monoisotopic (exact) mass is 309 g/mol. The van der Waals surface area contributed by atoms with E-state index < -0.39 is 0 Å². The number of aryl methyl sites for hydroxylation is 1. The summed E-state index contributed by atoms with van der Waals surface area (Å²) in [7, 11) is 1.88. The molecule has 6 nitrogen and oxygen atoms in total. The van der Waals surface area contributed by atoms with Gasteiger partial charge in [0.1, 0.15) is 5.69 Å². The van der Waals surface area contributed by atoms with Gasteiger partial charge >= 0.3 is 0 Å². The lowest BCUT2D eigenvalue weighted by Gasteiger charge is -2.17. The van der Waals surface area contributed by atoms with E-state index in [1.54, 1.807) is 23.0 Å². The number of likely N-dealkylation sites (N-methyl/N-ethyl adjacent to an activating group) is 1. The van der Waals surface area contributed by atoms with Gasteiger partial charge in [-0.15, -0.1) is 0 Å². The van der Waals surface area contributed by atoms with Gasteiger partial charge in [0.05, 0.1) is 6.20 Å². The third-order valence-corrected chi connectivity index (χ3v) is 3.80. The van der Waals surface area contributed by atoms with Crippen LogP contribution in [0.2, 0.25) is 0 Å². The number of hydrogen-bond acceptors (Lipinski definition) is 4. The minimum absolute atomic E-state index is 0.0561. The van der Waals surface area contributed by atoms with Crippen LogP contribution in [-0.4, -0.2) is 34.1 Å². The molecule has 0 radical (unpaired) electrons. The maximum absolute atomic E-state index is 12.3. The predicted octanol–water partition coefficient (Wildman–Crippen LogP) is 1.73. The number of fused-ring (bicyclic) bond motifs is 1. The first-order chi connectivity index (χ1) is 11.2. The molecule has 1 aromatic carbocycles. The first-order valence-corrected chi connectivity index (χ1v) is 7.50. The van der Waals surface area contributed by atoms with Gasteiger partial charge in [0.2, 0.25) is 0 Å². The topological polar surface area (TPSA) is 71.3 Å². The molecular weight excluding hydrogens is 290 g/mol. The number of carbonyl (C=O) groups excluding carboxylic acids is 1. The third-order valence-electron chi connectivity index (χ3n) is 3.80. The largest absolute Gasteiger partial charge is 0.349 e. The number of hydrogen-bond donors (Lipinski definition) is 2. The summed E-state index contributed by atoms with van der Waals surface area (Å²) in [6, 6.07) is 11.7. The van der Waals surface area contributed by atoms with Crippen molar-refractivity contribution in [2.24, 2.45) is 0 Å². The maximum Gasteiger partial charge on any atom is 0.270 e. The third kappa shape index (κ3) is 3.22. The molecule has 2 heterocycles. The Balaban J connectivity index is 1.71. The molecule has 1 unspecified atom stereocenters. The van der Waals surface area contributed by atoms with Crippen molar-refractivity contribution >= 4 is 11.6 Å². The van der Waals surface area contributed by atoms with Gasteiger partial charge in [-0.05, 0) is 25.6 Å². The molecular formula is C17H19N5O. The summed E-state index contributed by atoms with van der Waals surface area (Å²) in [6.07, 6.45) is 3.48. The maximum atomic E-state index is 12.3. The Morgan fingerprint density at radius 3 is 2.78 bits per heavy atom. The van der Waals surface area contributed by atoms with Crippen molar-refractivity contribution < 1.29 is 4.79 Å². The van der Waals surface area contributed by atoms with Crippen LogP contribution in [0.1, 0.15) is 27.7 Å². The van der Waals surface area contributed by atoms with Crippen molar-refractivity contribution in [3.63, 3.8) is 0 Å². The van der Waals surface area contributed by atoms with Crippen LogP contribution in [0.25, 0.3) is 5.65 Å². The molecule has 6 heteroatoms. The van der Waals surface area contributed by atoms with Gasteiger partial charge in [-0.2, -0.15) is 5.10 Å². The highest BCUT2D eigenvalue weighted by molar-refractivity contribution is 5.92. The van der Waals surface area contributed by atoms with Crippen molar-refractivity contribution in [1.29, 1.82) is 0 Å². The van der Waals surface area contributed by atoms with E-state index in [9.17, 15) is 4.79 Å². The second-order valence-electron chi connectivity index (χ2n) is 5.37. The zero-order valence-corrected chi connectivity index (χ0v) is 13.2. The molecule has 2 aromatic heterocycles. The van der Waals surface area contributed by atoms with Gasteiger partial charge < -0.3 is 10.6 Å². The summed E-state index contributed by atoms with van der Waals surface area (Å²) in [5.41, 5.74) is 3.16. The van der Waals surface area contributed by atoms with Gasteiger partial charge in [0.15, 0.2) is 5.65 Å². The van der Waals surface area contributed by atoms with Crippen LogP contribution in [0, 0.1) is 6.92 Å². The molecule has 0 aliphatic rings. The zero-order chi connectivity index (χ0) is 16.2. The Bertz CT molecular complexity index is 812. The van der Waals surface area contributed by atoms with Gasteiger partial charge in [0.25, 0.3) is 5.91 Å². The molecule has 1 amide bonds. The summed E-state index contributed by atoms with van der Waals surface area (Å²) < 4.78 is 1.66. The molecule has 2 N–H and O–H groups in total. The van der Waals surface area contributed by atoms with Crippen molar-refractivity contribution in [2.45, 2.75) is 13.0 Å². The molecule has 0 fully saturated rings. The lowest BCUT2D eigenvalue weighted by Crippen LogP contribution is -2.34. The molecule has 0 aliphatic heterocycles. The standard InChI is InChI=1S/C17H19N5O/c1-12-10-20-22-9-8-14(21-16(12)22)17(23)19-11-15(18-2)13-6-4-3-5-7-13/h3-10,15,18H,11H2,1-2H3,(H,19,23). The first-order valence-electron chi connectivity index (χ1n) is 7.50. The number of nitrogens with one attached hydrogen (secondary N) is 2. The summed E-state index contributed by atoms with van der Waals surface area (Å²) in [4.78, 5) is 16.7. The number of aromatic nitrogens is 3. The lowest BCUT2D eigenvalue weighted by molar-refractivity contribution is 0.0945. The van der Waals surface area contributed by atoms with Crippen LogP contribution in [0.5, 0.6) is 0 Å². The van der Waals surface area contributed by atoms with Gasteiger partial charge in [-0.3, -0.25) is 4.79 Å². The Morgan fingerprint density at radius 1 is 1.26 bits per heavy atom. The van der Waals surface area contributed by atoms with Gasteiger partial charge in [0, 0.05) is 24.3 Å². The fraction of sp³-hybridized carbons (Fsp3) is 0.235. The Morgan fingerprint density at radius 2 is 2.04 bits per heavy atom. The second kappa shape index (κ2) is 6.58. The smallest absolute Gasteiger partial charge is 0.270 e. The van der Waals surface area contributed by atoms with E-state index in [2.05, 4.69) is 20.7 Å². The lowest BCUT2D eigenvalue weighted by atomic mass is 10.1. The number of amides is 1. The minimum atomic E-state index is -0.190. The number of benzene rings is 1. The average Bonchev–Trinajstić information content (AvgIpc) is 2.97. The van der Waals surface area contributed by atoms with Crippen LogP contribution < -0.4 is 10.6 Å². The molecule has 118 valence electrons. The summed E-state index contributed by atoms with van der Waals surface area (Å²) >= 11 is 0. The van der Waals surface area contributed by atoms with E-state index in [-0.39, 0.29) is 11.9 Å². The number of nitrogens with zero attached hydrogens (tertiary/aromatic N) is 3. The van der Waals surface area contributed by atoms with E-state index in [1.807, 2.05) is 44.3 Å². The van der Waals surface area contributed by atoms with E-state index in [1.165, 1.54) is 0 Å². The predicted molar refractivity (Wildman–Crippen MR) is 88.3 cm³/mol. The Hall–Kier alpha value is -2.73. The molecule has 3 rings (SSSR count).